The number of rotatable bonds is 9. The zero-order valence-corrected chi connectivity index (χ0v) is 10.2. The molecule has 0 bridgehead atoms. The lowest BCUT2D eigenvalue weighted by Crippen LogP contribution is -2.36. The Labute approximate surface area is 93.9 Å². The summed E-state index contributed by atoms with van der Waals surface area (Å²) in [6, 6.07) is 0.267. The molecule has 0 saturated heterocycles. The molecule has 3 nitrogen and oxygen atoms in total. The second kappa shape index (κ2) is 7.20. The second-order valence-electron chi connectivity index (χ2n) is 4.70. The maximum atomic E-state index is 9.08. The summed E-state index contributed by atoms with van der Waals surface area (Å²) in [7, 11) is 1.92. The van der Waals surface area contributed by atoms with E-state index >= 15 is 0 Å². The van der Waals surface area contributed by atoms with Crippen LogP contribution in [0.3, 0.4) is 0 Å². The monoisotopic (exact) mass is 214 g/mol. The summed E-state index contributed by atoms with van der Waals surface area (Å²) < 4.78 is 0. The van der Waals surface area contributed by atoms with Gasteiger partial charge in [-0.3, -0.25) is 0 Å². The largest absolute Gasteiger partial charge is 0.395 e. The number of likely N-dealkylation sites (N-methyl/N-ethyl adjacent to an activating group) is 1. The Morgan fingerprint density at radius 1 is 1.40 bits per heavy atom. The lowest BCUT2D eigenvalue weighted by molar-refractivity contribution is 0.206. The smallest absolute Gasteiger partial charge is 0.0585 e. The molecule has 1 fully saturated rings. The van der Waals surface area contributed by atoms with Gasteiger partial charge in [0.2, 0.25) is 0 Å². The van der Waals surface area contributed by atoms with E-state index in [1.165, 1.54) is 32.4 Å². The summed E-state index contributed by atoms with van der Waals surface area (Å²) >= 11 is 0. The third-order valence-electron chi connectivity index (χ3n) is 3.18. The normalized spacial score (nSPS) is 18.4. The van der Waals surface area contributed by atoms with Crippen LogP contribution in [0.15, 0.2) is 0 Å². The number of hydrogen-bond acceptors (Lipinski definition) is 3. The van der Waals surface area contributed by atoms with E-state index < -0.39 is 0 Å². The molecular weight excluding hydrogens is 188 g/mol. The topological polar surface area (TPSA) is 35.5 Å². The van der Waals surface area contributed by atoms with E-state index in [0.29, 0.717) is 0 Å². The minimum Gasteiger partial charge on any atom is -0.395 e. The Hall–Kier alpha value is -0.120. The van der Waals surface area contributed by atoms with Crippen LogP contribution >= 0.6 is 0 Å². The number of nitrogens with one attached hydrogen (secondary N) is 1. The summed E-state index contributed by atoms with van der Waals surface area (Å²) in [5.74, 6) is 0.971. The van der Waals surface area contributed by atoms with Crippen LogP contribution in [0.25, 0.3) is 0 Å². The van der Waals surface area contributed by atoms with Crippen molar-refractivity contribution in [3.05, 3.63) is 0 Å². The standard InChI is InChI=1S/C12H26N2O/c1-3-7-14(9-11-4-5-11)8-6-12(10-15)13-2/h11-13,15H,3-10H2,1-2H3. The fourth-order valence-corrected chi connectivity index (χ4v) is 1.94. The molecule has 0 aliphatic heterocycles. The van der Waals surface area contributed by atoms with E-state index in [0.717, 1.165) is 18.9 Å². The summed E-state index contributed by atoms with van der Waals surface area (Å²) in [5, 5.41) is 12.2. The highest BCUT2D eigenvalue weighted by Gasteiger charge is 2.23. The first kappa shape index (κ1) is 12.9. The Kier molecular flexibility index (Phi) is 6.22. The highest BCUT2D eigenvalue weighted by atomic mass is 16.3. The molecule has 0 radical (unpaired) electrons. The first-order valence-corrected chi connectivity index (χ1v) is 6.30. The van der Waals surface area contributed by atoms with Gasteiger partial charge < -0.3 is 15.3 Å². The average molecular weight is 214 g/mol. The van der Waals surface area contributed by atoms with Gasteiger partial charge in [0, 0.05) is 12.6 Å². The molecule has 1 atom stereocenters. The molecule has 0 aromatic heterocycles. The van der Waals surface area contributed by atoms with E-state index in [1.807, 2.05) is 7.05 Å². The zero-order chi connectivity index (χ0) is 11.1. The molecule has 15 heavy (non-hydrogen) atoms. The van der Waals surface area contributed by atoms with E-state index in [4.69, 9.17) is 5.11 Å². The summed E-state index contributed by atoms with van der Waals surface area (Å²) in [5.41, 5.74) is 0. The van der Waals surface area contributed by atoms with Gasteiger partial charge in [0.05, 0.1) is 6.61 Å². The molecule has 1 aliphatic carbocycles. The molecule has 0 amide bonds. The Bertz CT molecular complexity index is 156. The van der Waals surface area contributed by atoms with Gasteiger partial charge in [0.15, 0.2) is 0 Å². The van der Waals surface area contributed by atoms with Crippen LogP contribution in [0.2, 0.25) is 0 Å². The van der Waals surface area contributed by atoms with Gasteiger partial charge in [0.25, 0.3) is 0 Å². The molecule has 1 saturated carbocycles. The van der Waals surface area contributed by atoms with Crippen LogP contribution in [0.1, 0.15) is 32.6 Å². The highest BCUT2D eigenvalue weighted by Crippen LogP contribution is 2.29. The fourth-order valence-electron chi connectivity index (χ4n) is 1.94. The molecule has 0 heterocycles. The number of hydrogen-bond donors (Lipinski definition) is 2. The third-order valence-corrected chi connectivity index (χ3v) is 3.18. The summed E-state index contributed by atoms with van der Waals surface area (Å²) in [6.45, 7) is 6.09. The molecule has 2 N–H and O–H groups in total. The minimum atomic E-state index is 0.250. The van der Waals surface area contributed by atoms with E-state index in [-0.39, 0.29) is 12.6 Å². The lowest BCUT2D eigenvalue weighted by atomic mass is 10.2. The SMILES string of the molecule is CCCN(CCC(CO)NC)CC1CC1. The highest BCUT2D eigenvalue weighted by molar-refractivity contribution is 4.78. The number of nitrogens with zero attached hydrogens (tertiary/aromatic N) is 1. The van der Waals surface area contributed by atoms with Crippen LogP contribution in [-0.2, 0) is 0 Å². The molecule has 1 unspecified atom stereocenters. The molecule has 0 aromatic carbocycles. The Morgan fingerprint density at radius 2 is 2.13 bits per heavy atom. The molecular formula is C12H26N2O. The van der Waals surface area contributed by atoms with Crippen molar-refractivity contribution in [3.8, 4) is 0 Å². The predicted molar refractivity (Wildman–Crippen MR) is 64.0 cm³/mol. The van der Waals surface area contributed by atoms with Crippen LogP contribution in [0.4, 0.5) is 0 Å². The molecule has 1 aliphatic rings. The van der Waals surface area contributed by atoms with E-state index in [2.05, 4.69) is 17.1 Å². The van der Waals surface area contributed by atoms with Gasteiger partial charge in [-0.05, 0) is 51.7 Å². The van der Waals surface area contributed by atoms with Crippen molar-refractivity contribution in [1.82, 2.24) is 10.2 Å². The third kappa shape index (κ3) is 5.50. The van der Waals surface area contributed by atoms with Crippen molar-refractivity contribution in [2.24, 2.45) is 5.92 Å². The molecule has 0 aromatic rings. The maximum Gasteiger partial charge on any atom is 0.0585 e. The molecule has 0 spiro atoms. The fraction of sp³-hybridized carbons (Fsp3) is 1.00. The summed E-state index contributed by atoms with van der Waals surface area (Å²) in [4.78, 5) is 2.55. The first-order valence-electron chi connectivity index (χ1n) is 6.30. The van der Waals surface area contributed by atoms with Crippen molar-refractivity contribution in [3.63, 3.8) is 0 Å². The Balaban J connectivity index is 2.16. The van der Waals surface area contributed by atoms with Crippen LogP contribution < -0.4 is 5.32 Å². The molecule has 1 rings (SSSR count). The van der Waals surface area contributed by atoms with Gasteiger partial charge in [-0.2, -0.15) is 0 Å². The van der Waals surface area contributed by atoms with E-state index in [1.54, 1.807) is 0 Å². The Morgan fingerprint density at radius 3 is 2.60 bits per heavy atom. The van der Waals surface area contributed by atoms with Gasteiger partial charge in [-0.25, -0.2) is 0 Å². The second-order valence-corrected chi connectivity index (χ2v) is 4.70. The van der Waals surface area contributed by atoms with E-state index in [9.17, 15) is 0 Å². The maximum absolute atomic E-state index is 9.08. The summed E-state index contributed by atoms with van der Waals surface area (Å²) in [6.07, 6.45) is 5.14. The van der Waals surface area contributed by atoms with Crippen molar-refractivity contribution in [1.29, 1.82) is 0 Å². The zero-order valence-electron chi connectivity index (χ0n) is 10.2. The van der Waals surface area contributed by atoms with Gasteiger partial charge >= 0.3 is 0 Å². The van der Waals surface area contributed by atoms with Crippen LogP contribution in [0, 0.1) is 5.92 Å². The molecule has 90 valence electrons. The van der Waals surface area contributed by atoms with Gasteiger partial charge in [-0.1, -0.05) is 6.92 Å². The molecule has 3 heteroatoms. The lowest BCUT2D eigenvalue weighted by Gasteiger charge is -2.23. The van der Waals surface area contributed by atoms with Crippen molar-refractivity contribution in [2.45, 2.75) is 38.6 Å². The van der Waals surface area contributed by atoms with Crippen molar-refractivity contribution >= 4 is 0 Å². The van der Waals surface area contributed by atoms with Gasteiger partial charge in [0.1, 0.15) is 0 Å². The average Bonchev–Trinajstić information content (AvgIpc) is 3.03. The van der Waals surface area contributed by atoms with Crippen LogP contribution in [-0.4, -0.2) is 49.3 Å². The van der Waals surface area contributed by atoms with Crippen LogP contribution in [0.5, 0.6) is 0 Å². The minimum absolute atomic E-state index is 0.250. The van der Waals surface area contributed by atoms with Gasteiger partial charge in [-0.15, -0.1) is 0 Å². The van der Waals surface area contributed by atoms with Crippen molar-refractivity contribution in [2.75, 3.05) is 33.3 Å². The quantitative estimate of drug-likeness (QED) is 0.603. The number of aliphatic hydroxyl groups excluding tert-OH is 1. The van der Waals surface area contributed by atoms with Crippen molar-refractivity contribution < 1.29 is 5.11 Å². The first-order chi connectivity index (χ1) is 7.30. The predicted octanol–water partition coefficient (Wildman–Crippen LogP) is 1.08. The number of aliphatic hydroxyl groups is 1.